The molecule has 0 aliphatic carbocycles. The summed E-state index contributed by atoms with van der Waals surface area (Å²) >= 11 is 0. The average molecular weight is 586 g/mol. The zero-order valence-corrected chi connectivity index (χ0v) is 24.7. The Kier molecular flexibility index (Phi) is 10.7. The van der Waals surface area contributed by atoms with Crippen molar-refractivity contribution in [2.24, 2.45) is 0 Å². The van der Waals surface area contributed by atoms with E-state index in [9.17, 15) is 22.4 Å². The number of hydrogen-bond acceptors (Lipinski definition) is 6. The van der Waals surface area contributed by atoms with Gasteiger partial charge in [0.15, 0.2) is 0 Å². The summed E-state index contributed by atoms with van der Waals surface area (Å²) in [4.78, 5) is 28.3. The third kappa shape index (κ3) is 7.97. The molecule has 2 atom stereocenters. The van der Waals surface area contributed by atoms with Gasteiger partial charge in [0, 0.05) is 12.6 Å². The second-order valence-corrected chi connectivity index (χ2v) is 11.4. The lowest BCUT2D eigenvalue weighted by molar-refractivity contribution is -0.139. The Morgan fingerprint density at radius 3 is 1.93 bits per heavy atom. The molecule has 0 unspecified atom stereocenters. The minimum absolute atomic E-state index is 0.0394. The van der Waals surface area contributed by atoms with Gasteiger partial charge in [-0.05, 0) is 86.5 Å². The van der Waals surface area contributed by atoms with E-state index < -0.39 is 34.3 Å². The summed E-state index contributed by atoms with van der Waals surface area (Å²) < 4.78 is 52.7. The first-order chi connectivity index (χ1) is 19.5. The summed E-state index contributed by atoms with van der Waals surface area (Å²) in [5, 5.41) is 2.89. The molecule has 1 N–H and O–H groups in total. The normalized spacial score (nSPS) is 12.6. The number of hydrogen-bond donors (Lipinski definition) is 1. The molecule has 0 aromatic heterocycles. The molecule has 3 rings (SSSR count). The van der Waals surface area contributed by atoms with Crippen LogP contribution in [-0.4, -0.2) is 58.0 Å². The van der Waals surface area contributed by atoms with Gasteiger partial charge in [-0.1, -0.05) is 19.1 Å². The van der Waals surface area contributed by atoms with Crippen molar-refractivity contribution in [2.75, 3.05) is 25.1 Å². The highest BCUT2D eigenvalue weighted by atomic mass is 32.2. The number of carbonyl (C=O) groups excluding carboxylic acids is 2. The molecule has 0 radical (unpaired) electrons. The first kappa shape index (κ1) is 31.4. The maximum Gasteiger partial charge on any atom is 0.264 e. The van der Waals surface area contributed by atoms with Crippen LogP contribution in [0.3, 0.4) is 0 Å². The van der Waals surface area contributed by atoms with Crippen LogP contribution in [0.15, 0.2) is 77.7 Å². The first-order valence-electron chi connectivity index (χ1n) is 13.1. The number of nitrogens with zero attached hydrogens (tertiary/aromatic N) is 2. The van der Waals surface area contributed by atoms with Gasteiger partial charge >= 0.3 is 0 Å². The second-order valence-electron chi connectivity index (χ2n) is 9.53. The molecule has 11 heteroatoms. The number of sulfonamides is 1. The van der Waals surface area contributed by atoms with Crippen molar-refractivity contribution < 1.29 is 31.9 Å². The molecule has 2 amide bonds. The van der Waals surface area contributed by atoms with Crippen LogP contribution in [0, 0.1) is 5.82 Å². The van der Waals surface area contributed by atoms with Crippen molar-refractivity contribution in [1.29, 1.82) is 0 Å². The predicted molar refractivity (Wildman–Crippen MR) is 155 cm³/mol. The van der Waals surface area contributed by atoms with Crippen LogP contribution in [0.2, 0.25) is 0 Å². The van der Waals surface area contributed by atoms with Gasteiger partial charge < -0.3 is 19.7 Å². The van der Waals surface area contributed by atoms with Crippen LogP contribution >= 0.6 is 0 Å². The van der Waals surface area contributed by atoms with Crippen molar-refractivity contribution >= 4 is 27.5 Å². The molecule has 3 aromatic carbocycles. The monoisotopic (exact) mass is 585 g/mol. The lowest BCUT2D eigenvalue weighted by atomic mass is 10.1. The second kappa shape index (κ2) is 14.0. The predicted octanol–water partition coefficient (Wildman–Crippen LogP) is 4.37. The molecule has 0 aliphatic rings. The van der Waals surface area contributed by atoms with Gasteiger partial charge in [0.05, 0.1) is 24.8 Å². The van der Waals surface area contributed by atoms with Crippen molar-refractivity contribution in [2.45, 2.75) is 50.7 Å². The number of anilines is 1. The van der Waals surface area contributed by atoms with Gasteiger partial charge in [0.1, 0.15) is 29.9 Å². The molecule has 9 nitrogen and oxygen atoms in total. The number of rotatable bonds is 13. The molecular weight excluding hydrogens is 549 g/mol. The number of ether oxygens (including phenoxy) is 2. The number of halogens is 1. The zero-order valence-electron chi connectivity index (χ0n) is 23.8. The Hall–Kier alpha value is -4.12. The van der Waals surface area contributed by atoms with E-state index in [4.69, 9.17) is 9.47 Å². The van der Waals surface area contributed by atoms with Crippen molar-refractivity contribution in [3.63, 3.8) is 0 Å². The van der Waals surface area contributed by atoms with Gasteiger partial charge in [-0.2, -0.15) is 0 Å². The molecule has 0 bridgehead atoms. The van der Waals surface area contributed by atoms with E-state index in [2.05, 4.69) is 5.32 Å². The fourth-order valence-corrected chi connectivity index (χ4v) is 5.40. The standard InChI is InChI=1S/C30H36FN3O6S/c1-6-21(2)32-30(36)22(3)33(19-23-7-13-26(39-4)14-8-23)29(35)20-34(25-11-9-24(31)10-12-25)41(37,38)28-17-15-27(40-5)16-18-28/h7-18,21-22H,6,19-20H2,1-5H3,(H,32,36)/t21-,22+/m0/s1. The lowest BCUT2D eigenvalue weighted by Crippen LogP contribution is -2.52. The molecular formula is C30H36FN3O6S. The topological polar surface area (TPSA) is 105 Å². The molecule has 0 fully saturated rings. The fourth-order valence-electron chi connectivity index (χ4n) is 3.99. The quantitative estimate of drug-likeness (QED) is 0.320. The Labute approximate surface area is 240 Å². The zero-order chi connectivity index (χ0) is 30.2. The Balaban J connectivity index is 2.01. The molecule has 220 valence electrons. The van der Waals surface area contributed by atoms with Gasteiger partial charge in [0.25, 0.3) is 10.0 Å². The van der Waals surface area contributed by atoms with Crippen molar-refractivity contribution in [3.05, 3.63) is 84.2 Å². The Morgan fingerprint density at radius 1 is 0.878 bits per heavy atom. The molecule has 0 saturated heterocycles. The van der Waals surface area contributed by atoms with Crippen LogP contribution in [0.5, 0.6) is 11.5 Å². The number of carbonyl (C=O) groups is 2. The van der Waals surface area contributed by atoms with Gasteiger partial charge in [-0.3, -0.25) is 13.9 Å². The number of benzene rings is 3. The molecule has 0 saturated carbocycles. The molecule has 0 spiro atoms. The van der Waals surface area contributed by atoms with Gasteiger partial charge in [-0.15, -0.1) is 0 Å². The largest absolute Gasteiger partial charge is 0.497 e. The summed E-state index contributed by atoms with van der Waals surface area (Å²) in [6, 6.07) is 16.5. The van der Waals surface area contributed by atoms with Gasteiger partial charge in [0.2, 0.25) is 11.8 Å². The van der Waals surface area contributed by atoms with Crippen LogP contribution in [0.4, 0.5) is 10.1 Å². The van der Waals surface area contributed by atoms with E-state index in [-0.39, 0.29) is 29.1 Å². The smallest absolute Gasteiger partial charge is 0.264 e. The molecule has 41 heavy (non-hydrogen) atoms. The van der Waals surface area contributed by atoms with Crippen molar-refractivity contribution in [3.8, 4) is 11.5 Å². The van der Waals surface area contributed by atoms with Crippen LogP contribution in [0.1, 0.15) is 32.8 Å². The summed E-state index contributed by atoms with van der Waals surface area (Å²) in [7, 11) is -1.28. The highest BCUT2D eigenvalue weighted by Gasteiger charge is 2.33. The maximum absolute atomic E-state index is 13.9. The third-order valence-corrected chi connectivity index (χ3v) is 8.51. The Bertz CT molecular complexity index is 1410. The molecule has 0 heterocycles. The van der Waals surface area contributed by atoms with Crippen LogP contribution in [-0.2, 0) is 26.2 Å². The van der Waals surface area contributed by atoms with E-state index in [1.807, 2.05) is 13.8 Å². The highest BCUT2D eigenvalue weighted by Crippen LogP contribution is 2.26. The summed E-state index contributed by atoms with van der Waals surface area (Å²) in [6.07, 6.45) is 0.698. The summed E-state index contributed by atoms with van der Waals surface area (Å²) in [5.41, 5.74) is 0.811. The molecule has 0 aliphatic heterocycles. The van der Waals surface area contributed by atoms with Crippen LogP contribution < -0.4 is 19.1 Å². The summed E-state index contributed by atoms with van der Waals surface area (Å²) in [5.74, 6) is -0.456. The van der Waals surface area contributed by atoms with E-state index in [1.54, 1.807) is 38.3 Å². The first-order valence-corrected chi connectivity index (χ1v) is 14.6. The van der Waals surface area contributed by atoms with E-state index in [1.165, 1.54) is 48.4 Å². The SMILES string of the molecule is CC[C@H](C)NC(=O)[C@@H](C)N(Cc1ccc(OC)cc1)C(=O)CN(c1ccc(F)cc1)S(=O)(=O)c1ccc(OC)cc1. The Morgan fingerprint density at radius 2 is 1.41 bits per heavy atom. The fraction of sp³-hybridized carbons (Fsp3) is 0.333. The lowest BCUT2D eigenvalue weighted by Gasteiger charge is -2.32. The number of methoxy groups -OCH3 is 2. The van der Waals surface area contributed by atoms with E-state index in [0.717, 1.165) is 16.4 Å². The maximum atomic E-state index is 13.9. The average Bonchev–Trinajstić information content (AvgIpc) is 2.98. The summed E-state index contributed by atoms with van der Waals surface area (Å²) in [6.45, 7) is 4.80. The number of nitrogens with one attached hydrogen (secondary N) is 1. The minimum Gasteiger partial charge on any atom is -0.497 e. The third-order valence-electron chi connectivity index (χ3n) is 6.72. The van der Waals surface area contributed by atoms with Gasteiger partial charge in [-0.25, -0.2) is 12.8 Å². The number of amides is 2. The van der Waals surface area contributed by atoms with E-state index in [0.29, 0.717) is 23.5 Å². The van der Waals surface area contributed by atoms with Crippen molar-refractivity contribution in [1.82, 2.24) is 10.2 Å². The highest BCUT2D eigenvalue weighted by molar-refractivity contribution is 7.92. The minimum atomic E-state index is -4.28. The van der Waals surface area contributed by atoms with Crippen LogP contribution in [0.25, 0.3) is 0 Å². The van der Waals surface area contributed by atoms with E-state index >= 15 is 0 Å². The molecule has 3 aromatic rings.